The second kappa shape index (κ2) is 5.10. The van der Waals surface area contributed by atoms with Crippen LogP contribution >= 0.6 is 27.5 Å². The third-order valence-corrected chi connectivity index (χ3v) is 3.08. The second-order valence-electron chi connectivity index (χ2n) is 3.74. The maximum atomic E-state index is 6.03. The Labute approximate surface area is 113 Å². The number of aryl methyl sites for hydroxylation is 1. The molecule has 0 N–H and O–H groups in total. The first-order valence-electron chi connectivity index (χ1n) is 5.16. The van der Waals surface area contributed by atoms with Crippen LogP contribution in [0.4, 0.5) is 0 Å². The molecule has 1 unspecified atom stereocenters. The molecule has 17 heavy (non-hydrogen) atoms. The molecule has 5 heteroatoms. The van der Waals surface area contributed by atoms with Gasteiger partial charge >= 0.3 is 0 Å². The molecule has 0 bridgehead atoms. The van der Waals surface area contributed by atoms with Gasteiger partial charge in [0.25, 0.3) is 0 Å². The van der Waals surface area contributed by atoms with E-state index in [9.17, 15) is 0 Å². The van der Waals surface area contributed by atoms with Crippen LogP contribution in [-0.4, -0.2) is 15.0 Å². The van der Waals surface area contributed by atoms with Crippen LogP contribution in [0.1, 0.15) is 23.6 Å². The number of pyridine rings is 1. The van der Waals surface area contributed by atoms with Gasteiger partial charge < -0.3 is 0 Å². The van der Waals surface area contributed by atoms with Crippen molar-refractivity contribution in [2.45, 2.75) is 19.2 Å². The molecule has 0 amide bonds. The first-order chi connectivity index (χ1) is 8.08. The van der Waals surface area contributed by atoms with Crippen LogP contribution in [0.3, 0.4) is 0 Å². The molecule has 0 fully saturated rings. The number of hydrogen-bond donors (Lipinski definition) is 0. The smallest absolute Gasteiger partial charge is 0.160 e. The van der Waals surface area contributed by atoms with Gasteiger partial charge in [-0.15, -0.1) is 11.6 Å². The zero-order valence-electron chi connectivity index (χ0n) is 9.48. The summed E-state index contributed by atoms with van der Waals surface area (Å²) in [6.45, 7) is 3.85. The monoisotopic (exact) mass is 311 g/mol. The predicted molar refractivity (Wildman–Crippen MR) is 72.0 cm³/mol. The maximum absolute atomic E-state index is 6.03. The summed E-state index contributed by atoms with van der Waals surface area (Å²) in [5, 5.41) is -0.0790. The van der Waals surface area contributed by atoms with Gasteiger partial charge in [0.05, 0.1) is 5.38 Å². The predicted octanol–water partition coefficient (Wildman–Crippen LogP) is 3.91. The number of rotatable bonds is 2. The number of nitrogens with zero attached hydrogens (tertiary/aromatic N) is 3. The van der Waals surface area contributed by atoms with Gasteiger partial charge in [-0.05, 0) is 35.8 Å². The number of aromatic nitrogens is 3. The summed E-state index contributed by atoms with van der Waals surface area (Å²) in [7, 11) is 0. The lowest BCUT2D eigenvalue weighted by Gasteiger charge is -2.08. The fraction of sp³-hybridized carbons (Fsp3) is 0.250. The highest BCUT2D eigenvalue weighted by molar-refractivity contribution is 9.10. The van der Waals surface area contributed by atoms with Crippen molar-refractivity contribution in [1.29, 1.82) is 0 Å². The highest BCUT2D eigenvalue weighted by Gasteiger charge is 2.09. The molecule has 88 valence electrons. The van der Waals surface area contributed by atoms with E-state index in [1.165, 1.54) is 0 Å². The summed E-state index contributed by atoms with van der Waals surface area (Å²) in [5.74, 6) is 0.664. The lowest BCUT2D eigenvalue weighted by molar-refractivity contribution is 0.975. The van der Waals surface area contributed by atoms with Gasteiger partial charge in [0.1, 0.15) is 0 Å². The quantitative estimate of drug-likeness (QED) is 0.789. The molecule has 2 rings (SSSR count). The molecule has 3 nitrogen and oxygen atoms in total. The van der Waals surface area contributed by atoms with Gasteiger partial charge in [0.2, 0.25) is 0 Å². The van der Waals surface area contributed by atoms with Gasteiger partial charge in [-0.25, -0.2) is 9.97 Å². The van der Waals surface area contributed by atoms with E-state index < -0.39 is 0 Å². The minimum Gasteiger partial charge on any atom is -0.263 e. The molecular formula is C12H11BrClN3. The minimum atomic E-state index is -0.0790. The second-order valence-corrected chi connectivity index (χ2v) is 5.31. The third kappa shape index (κ3) is 2.82. The summed E-state index contributed by atoms with van der Waals surface area (Å²) >= 11 is 9.41. The molecule has 2 aromatic heterocycles. The van der Waals surface area contributed by atoms with E-state index in [4.69, 9.17) is 11.6 Å². The number of hydrogen-bond acceptors (Lipinski definition) is 3. The SMILES string of the molecule is Cc1nc(-c2cncc(Br)c2)ncc1C(C)Cl. The van der Waals surface area contributed by atoms with Gasteiger partial charge in [0.15, 0.2) is 5.82 Å². The third-order valence-electron chi connectivity index (χ3n) is 2.41. The van der Waals surface area contributed by atoms with Gasteiger partial charge in [-0.2, -0.15) is 0 Å². The molecule has 0 aliphatic carbocycles. The maximum Gasteiger partial charge on any atom is 0.160 e. The molecule has 0 saturated heterocycles. The molecule has 0 spiro atoms. The molecule has 1 atom stereocenters. The van der Waals surface area contributed by atoms with E-state index in [1.54, 1.807) is 18.6 Å². The Balaban J connectivity index is 2.44. The van der Waals surface area contributed by atoms with E-state index in [0.717, 1.165) is 21.3 Å². The lowest BCUT2D eigenvalue weighted by atomic mass is 10.2. The van der Waals surface area contributed by atoms with Crippen molar-refractivity contribution >= 4 is 27.5 Å². The highest BCUT2D eigenvalue weighted by Crippen LogP contribution is 2.24. The van der Waals surface area contributed by atoms with Crippen LogP contribution in [-0.2, 0) is 0 Å². The van der Waals surface area contributed by atoms with E-state index >= 15 is 0 Å². The van der Waals surface area contributed by atoms with Gasteiger partial charge in [-0.3, -0.25) is 4.98 Å². The summed E-state index contributed by atoms with van der Waals surface area (Å²) in [5.41, 5.74) is 2.74. The first kappa shape index (κ1) is 12.5. The Kier molecular flexibility index (Phi) is 3.74. The van der Waals surface area contributed by atoms with Crippen molar-refractivity contribution in [2.75, 3.05) is 0 Å². The van der Waals surface area contributed by atoms with Crippen LogP contribution in [0.25, 0.3) is 11.4 Å². The number of alkyl halides is 1. The van der Waals surface area contributed by atoms with E-state index in [0.29, 0.717) is 5.82 Å². The van der Waals surface area contributed by atoms with E-state index in [1.807, 2.05) is 19.9 Å². The molecular weight excluding hydrogens is 302 g/mol. The number of halogens is 2. The Morgan fingerprint density at radius 2 is 2.06 bits per heavy atom. The topological polar surface area (TPSA) is 38.7 Å². The van der Waals surface area contributed by atoms with Crippen LogP contribution in [0.5, 0.6) is 0 Å². The summed E-state index contributed by atoms with van der Waals surface area (Å²) in [6, 6.07) is 1.94. The summed E-state index contributed by atoms with van der Waals surface area (Å²) in [6.07, 6.45) is 5.24. The normalized spacial score (nSPS) is 12.5. The summed E-state index contributed by atoms with van der Waals surface area (Å²) < 4.78 is 0.908. The van der Waals surface area contributed by atoms with Crippen molar-refractivity contribution in [3.05, 3.63) is 40.4 Å². The molecule has 0 saturated carbocycles. The van der Waals surface area contributed by atoms with Crippen LogP contribution in [0.15, 0.2) is 29.1 Å². The fourth-order valence-corrected chi connectivity index (χ4v) is 2.12. The van der Waals surface area contributed by atoms with Crippen molar-refractivity contribution in [2.24, 2.45) is 0 Å². The Hall–Kier alpha value is -1.00. The van der Waals surface area contributed by atoms with E-state index in [2.05, 4.69) is 30.9 Å². The molecule has 0 radical (unpaired) electrons. The molecule has 2 aromatic rings. The van der Waals surface area contributed by atoms with Crippen LogP contribution < -0.4 is 0 Å². The molecule has 0 aromatic carbocycles. The first-order valence-corrected chi connectivity index (χ1v) is 6.39. The minimum absolute atomic E-state index is 0.0790. The zero-order valence-corrected chi connectivity index (χ0v) is 11.8. The Bertz CT molecular complexity index is 543. The Morgan fingerprint density at radius 1 is 1.29 bits per heavy atom. The molecule has 0 aliphatic heterocycles. The van der Waals surface area contributed by atoms with Crippen molar-refractivity contribution < 1.29 is 0 Å². The standard InChI is InChI=1S/C12H11BrClN3/c1-7(14)11-6-16-12(17-8(11)2)9-3-10(13)5-15-4-9/h3-7H,1-2H3. The van der Waals surface area contributed by atoms with Crippen molar-refractivity contribution in [3.63, 3.8) is 0 Å². The van der Waals surface area contributed by atoms with Gasteiger partial charge in [-0.1, -0.05) is 0 Å². The fourth-order valence-electron chi connectivity index (χ4n) is 1.54. The van der Waals surface area contributed by atoms with Crippen molar-refractivity contribution in [3.8, 4) is 11.4 Å². The van der Waals surface area contributed by atoms with Crippen LogP contribution in [0.2, 0.25) is 0 Å². The lowest BCUT2D eigenvalue weighted by Crippen LogP contribution is -1.98. The highest BCUT2D eigenvalue weighted by atomic mass is 79.9. The molecule has 2 heterocycles. The average molecular weight is 313 g/mol. The average Bonchev–Trinajstić information content (AvgIpc) is 2.28. The van der Waals surface area contributed by atoms with Crippen LogP contribution in [0, 0.1) is 6.92 Å². The largest absolute Gasteiger partial charge is 0.263 e. The Morgan fingerprint density at radius 3 is 2.65 bits per heavy atom. The van der Waals surface area contributed by atoms with E-state index in [-0.39, 0.29) is 5.38 Å². The van der Waals surface area contributed by atoms with Crippen molar-refractivity contribution in [1.82, 2.24) is 15.0 Å². The van der Waals surface area contributed by atoms with Gasteiger partial charge in [0, 0.05) is 39.9 Å². The summed E-state index contributed by atoms with van der Waals surface area (Å²) in [4.78, 5) is 12.9. The molecule has 0 aliphatic rings. The zero-order chi connectivity index (χ0) is 12.4.